The van der Waals surface area contributed by atoms with Crippen LogP contribution in [0.4, 0.5) is 5.69 Å². The van der Waals surface area contributed by atoms with Crippen LogP contribution in [0.25, 0.3) is 0 Å². The average molecular weight is 278 g/mol. The Morgan fingerprint density at radius 2 is 2.32 bits per heavy atom. The van der Waals surface area contributed by atoms with Crippen molar-refractivity contribution in [1.29, 1.82) is 0 Å². The molecule has 1 aromatic carbocycles. The lowest BCUT2D eigenvalue weighted by atomic mass is 10.0. The molecule has 1 aliphatic heterocycles. The number of carbonyl (C=O) groups is 1. The summed E-state index contributed by atoms with van der Waals surface area (Å²) in [5.74, 6) is 1.45. The van der Waals surface area contributed by atoms with Crippen molar-refractivity contribution in [1.82, 2.24) is 0 Å². The second-order valence-electron chi connectivity index (χ2n) is 4.57. The van der Waals surface area contributed by atoms with Gasteiger partial charge in [0.2, 0.25) is 11.8 Å². The molecule has 0 aliphatic carbocycles. The van der Waals surface area contributed by atoms with Crippen molar-refractivity contribution in [3.63, 3.8) is 0 Å². The number of aryl methyl sites for hydroxylation is 1. The van der Waals surface area contributed by atoms with E-state index >= 15 is 0 Å². The molecular formula is C14H18N2O2S. The molecule has 1 heterocycles. The van der Waals surface area contributed by atoms with E-state index in [1.807, 2.05) is 18.2 Å². The highest BCUT2D eigenvalue weighted by molar-refractivity contribution is 7.79. The summed E-state index contributed by atoms with van der Waals surface area (Å²) >= 11 is 3.94. The summed E-state index contributed by atoms with van der Waals surface area (Å²) in [7, 11) is 0. The molecule has 0 bridgehead atoms. The van der Waals surface area contributed by atoms with Crippen LogP contribution in [-0.4, -0.2) is 11.8 Å². The topological polar surface area (TPSA) is 50.7 Å². The van der Waals surface area contributed by atoms with Crippen LogP contribution in [0.1, 0.15) is 38.2 Å². The Morgan fingerprint density at radius 3 is 3.05 bits per heavy atom. The Bertz CT molecular complexity index is 500. The molecule has 0 atom stereocenters. The van der Waals surface area contributed by atoms with Gasteiger partial charge in [-0.15, -0.1) is 0 Å². The largest absolute Gasteiger partial charge is 0.442 e. The zero-order chi connectivity index (χ0) is 13.7. The van der Waals surface area contributed by atoms with Crippen LogP contribution in [0.15, 0.2) is 22.6 Å². The van der Waals surface area contributed by atoms with Crippen LogP contribution in [-0.2, 0) is 11.2 Å². The molecule has 5 heteroatoms. The molecule has 1 amide bonds. The lowest BCUT2D eigenvalue weighted by Crippen LogP contribution is -2.19. The maximum atomic E-state index is 11.3. The molecule has 0 saturated heterocycles. The van der Waals surface area contributed by atoms with Crippen LogP contribution in [0.2, 0.25) is 0 Å². The average Bonchev–Trinajstić information content (AvgIpc) is 2.43. The Kier molecular flexibility index (Phi) is 4.85. The van der Waals surface area contributed by atoms with Gasteiger partial charge in [-0.25, -0.2) is 0 Å². The standard InChI is InChI=1S/C14H18N2O2S/c1-2-3-4-14(16-19)18-11-6-7-12-10(9-11)5-8-13(17)15-12/h6-7,9,19H,2-5,8H2,1H3,(H,15,17). The number of unbranched alkanes of at least 4 members (excludes halogenated alkanes) is 1. The van der Waals surface area contributed by atoms with E-state index in [2.05, 4.69) is 29.5 Å². The van der Waals surface area contributed by atoms with Crippen LogP contribution in [0.5, 0.6) is 5.75 Å². The first-order chi connectivity index (χ1) is 9.22. The van der Waals surface area contributed by atoms with Gasteiger partial charge in [-0.05, 0) is 49.4 Å². The van der Waals surface area contributed by atoms with Crippen molar-refractivity contribution >= 4 is 30.3 Å². The molecule has 102 valence electrons. The van der Waals surface area contributed by atoms with Crippen molar-refractivity contribution in [3.8, 4) is 5.75 Å². The minimum Gasteiger partial charge on any atom is -0.442 e. The van der Waals surface area contributed by atoms with E-state index in [1.165, 1.54) is 0 Å². The van der Waals surface area contributed by atoms with Crippen molar-refractivity contribution in [2.24, 2.45) is 4.40 Å². The second-order valence-corrected chi connectivity index (χ2v) is 4.77. The fourth-order valence-corrected chi connectivity index (χ4v) is 2.15. The summed E-state index contributed by atoms with van der Waals surface area (Å²) in [5, 5.41) is 2.85. The Hall–Kier alpha value is -1.49. The third kappa shape index (κ3) is 3.73. The van der Waals surface area contributed by atoms with E-state index in [4.69, 9.17) is 4.74 Å². The van der Waals surface area contributed by atoms with Gasteiger partial charge >= 0.3 is 0 Å². The fourth-order valence-electron chi connectivity index (χ4n) is 2.01. The van der Waals surface area contributed by atoms with Gasteiger partial charge in [0.25, 0.3) is 0 Å². The van der Waals surface area contributed by atoms with E-state index < -0.39 is 0 Å². The molecule has 1 aliphatic rings. The van der Waals surface area contributed by atoms with E-state index in [0.717, 1.165) is 42.7 Å². The predicted molar refractivity (Wildman–Crippen MR) is 80.0 cm³/mol. The van der Waals surface area contributed by atoms with E-state index in [0.29, 0.717) is 12.3 Å². The molecule has 4 nitrogen and oxygen atoms in total. The molecule has 0 fully saturated rings. The molecule has 0 saturated carbocycles. The Morgan fingerprint density at radius 1 is 1.47 bits per heavy atom. The molecule has 1 aromatic rings. The number of nitrogens with zero attached hydrogens (tertiary/aromatic N) is 1. The van der Waals surface area contributed by atoms with Gasteiger partial charge in [-0.3, -0.25) is 4.79 Å². The van der Waals surface area contributed by atoms with Gasteiger partial charge in [0.15, 0.2) is 0 Å². The quantitative estimate of drug-likeness (QED) is 0.504. The van der Waals surface area contributed by atoms with Gasteiger partial charge in [0.1, 0.15) is 5.75 Å². The number of rotatable bonds is 4. The molecule has 19 heavy (non-hydrogen) atoms. The number of hydrogen-bond donors (Lipinski definition) is 2. The van der Waals surface area contributed by atoms with Crippen LogP contribution < -0.4 is 10.1 Å². The van der Waals surface area contributed by atoms with Crippen LogP contribution in [0, 0.1) is 0 Å². The van der Waals surface area contributed by atoms with E-state index in [9.17, 15) is 4.79 Å². The molecule has 1 N–H and O–H groups in total. The number of hydrogen-bond acceptors (Lipinski definition) is 4. The summed E-state index contributed by atoms with van der Waals surface area (Å²) in [6.07, 6.45) is 4.18. The number of benzene rings is 1. The summed E-state index contributed by atoms with van der Waals surface area (Å²) < 4.78 is 9.58. The number of nitrogens with one attached hydrogen (secondary N) is 1. The third-order valence-electron chi connectivity index (χ3n) is 3.06. The second kappa shape index (κ2) is 6.61. The predicted octanol–water partition coefficient (Wildman–Crippen LogP) is 3.38. The van der Waals surface area contributed by atoms with Crippen LogP contribution >= 0.6 is 12.8 Å². The highest BCUT2D eigenvalue weighted by Crippen LogP contribution is 2.27. The maximum Gasteiger partial charge on any atom is 0.224 e. The van der Waals surface area contributed by atoms with Gasteiger partial charge in [0, 0.05) is 18.5 Å². The first kappa shape index (κ1) is 13.9. The molecule has 0 unspecified atom stereocenters. The number of carbonyl (C=O) groups excluding carboxylic acids is 1. The van der Waals surface area contributed by atoms with Crippen molar-refractivity contribution < 1.29 is 9.53 Å². The highest BCUT2D eigenvalue weighted by atomic mass is 32.1. The van der Waals surface area contributed by atoms with Gasteiger partial charge in [-0.2, -0.15) is 4.40 Å². The van der Waals surface area contributed by atoms with Gasteiger partial charge in [-0.1, -0.05) is 13.3 Å². The Labute approximate surface area is 118 Å². The summed E-state index contributed by atoms with van der Waals surface area (Å²) in [6.45, 7) is 2.12. The van der Waals surface area contributed by atoms with Crippen molar-refractivity contribution in [2.75, 3.05) is 5.32 Å². The fraction of sp³-hybridized carbons (Fsp3) is 0.429. The lowest BCUT2D eigenvalue weighted by Gasteiger charge is -2.17. The monoisotopic (exact) mass is 278 g/mol. The molecular weight excluding hydrogens is 260 g/mol. The number of fused-ring (bicyclic) bond motifs is 1. The van der Waals surface area contributed by atoms with Crippen molar-refractivity contribution in [2.45, 2.75) is 39.0 Å². The molecule has 0 radical (unpaired) electrons. The summed E-state index contributed by atoms with van der Waals surface area (Å²) in [6, 6.07) is 5.67. The summed E-state index contributed by atoms with van der Waals surface area (Å²) in [5.41, 5.74) is 1.98. The third-order valence-corrected chi connectivity index (χ3v) is 3.29. The number of anilines is 1. The zero-order valence-corrected chi connectivity index (χ0v) is 11.9. The first-order valence-electron chi connectivity index (χ1n) is 6.54. The molecule has 0 aromatic heterocycles. The normalized spacial score (nSPS) is 14.8. The lowest BCUT2D eigenvalue weighted by molar-refractivity contribution is -0.116. The first-order valence-corrected chi connectivity index (χ1v) is 6.94. The minimum atomic E-state index is 0.0710. The highest BCUT2D eigenvalue weighted by Gasteiger charge is 2.15. The SMILES string of the molecule is CCCCC(=NS)Oc1ccc2c(c1)CCC(=O)N2. The number of thiol groups is 1. The number of ether oxygens (including phenoxy) is 1. The molecule has 2 rings (SSSR count). The maximum absolute atomic E-state index is 11.3. The Balaban J connectivity index is 2.07. The van der Waals surface area contributed by atoms with Crippen LogP contribution in [0.3, 0.4) is 0 Å². The number of amides is 1. The van der Waals surface area contributed by atoms with Crippen molar-refractivity contribution in [3.05, 3.63) is 23.8 Å². The smallest absolute Gasteiger partial charge is 0.224 e. The van der Waals surface area contributed by atoms with Gasteiger partial charge in [0.05, 0.1) is 0 Å². The summed E-state index contributed by atoms with van der Waals surface area (Å²) in [4.78, 5) is 11.3. The van der Waals surface area contributed by atoms with Gasteiger partial charge < -0.3 is 10.1 Å². The minimum absolute atomic E-state index is 0.0710. The zero-order valence-electron chi connectivity index (χ0n) is 11.0. The van der Waals surface area contributed by atoms with E-state index in [1.54, 1.807) is 0 Å². The van der Waals surface area contributed by atoms with E-state index in [-0.39, 0.29) is 5.91 Å². The molecule has 0 spiro atoms.